The van der Waals surface area contributed by atoms with Crippen LogP contribution in [0.3, 0.4) is 0 Å². The maximum absolute atomic E-state index is 13.3. The summed E-state index contributed by atoms with van der Waals surface area (Å²) in [4.78, 5) is 23.1. The van der Waals surface area contributed by atoms with Crippen LogP contribution in [-0.4, -0.2) is 11.8 Å². The van der Waals surface area contributed by atoms with E-state index in [0.717, 1.165) is 12.1 Å². The van der Waals surface area contributed by atoms with Gasteiger partial charge in [0.1, 0.15) is 0 Å². The molecule has 0 fully saturated rings. The first-order valence-electron chi connectivity index (χ1n) is 7.79. The van der Waals surface area contributed by atoms with Crippen molar-refractivity contribution in [3.63, 3.8) is 0 Å². The van der Waals surface area contributed by atoms with Crippen LogP contribution in [0, 0.1) is 0 Å². The van der Waals surface area contributed by atoms with E-state index in [1.54, 1.807) is 18.2 Å². The maximum Gasteiger partial charge on any atom is 0.418 e. The number of nitrogens with one attached hydrogen (secondary N) is 2. The fraction of sp³-hybridized carbons (Fsp3) is 0.222. The van der Waals surface area contributed by atoms with Crippen molar-refractivity contribution in [1.82, 2.24) is 0 Å². The Morgan fingerprint density at radius 2 is 1.78 bits per heavy atom. The van der Waals surface area contributed by atoms with E-state index < -0.39 is 29.2 Å². The molecule has 0 aromatic heterocycles. The van der Waals surface area contributed by atoms with Crippen molar-refractivity contribution < 1.29 is 22.8 Å². The lowest BCUT2D eigenvalue weighted by atomic mass is 10.1. The predicted octanol–water partition coefficient (Wildman–Crippen LogP) is 5.54. The van der Waals surface area contributed by atoms with Crippen molar-refractivity contribution in [2.75, 3.05) is 10.6 Å². The van der Waals surface area contributed by atoms with Gasteiger partial charge >= 0.3 is 6.18 Å². The first kappa shape index (κ1) is 21.1. The Bertz CT molecular complexity index is 870. The Labute approximate surface area is 163 Å². The molecule has 27 heavy (non-hydrogen) atoms. The summed E-state index contributed by atoms with van der Waals surface area (Å²) in [5.74, 6) is -1.11. The van der Waals surface area contributed by atoms with Crippen LogP contribution in [0.15, 0.2) is 36.4 Å². The molecule has 0 spiro atoms. The van der Waals surface area contributed by atoms with Crippen LogP contribution in [-0.2, 0) is 22.2 Å². The van der Waals surface area contributed by atoms with Crippen molar-refractivity contribution >= 4 is 46.4 Å². The summed E-state index contributed by atoms with van der Waals surface area (Å²) in [6.45, 7) is 1.18. The van der Waals surface area contributed by atoms with Gasteiger partial charge in [0.25, 0.3) is 0 Å². The molecule has 0 aliphatic rings. The topological polar surface area (TPSA) is 58.2 Å². The number of hydrogen-bond donors (Lipinski definition) is 2. The Balaban J connectivity index is 2.14. The van der Waals surface area contributed by atoms with Crippen molar-refractivity contribution in [3.8, 4) is 0 Å². The van der Waals surface area contributed by atoms with Crippen LogP contribution in [0.2, 0.25) is 10.0 Å². The van der Waals surface area contributed by atoms with Gasteiger partial charge in [-0.05, 0) is 36.2 Å². The molecular weight excluding hydrogens is 404 g/mol. The molecular formula is C18H15Cl2F3N2O2. The number of aryl methyl sites for hydroxylation is 1. The van der Waals surface area contributed by atoms with Gasteiger partial charge in [0, 0.05) is 19.0 Å². The fourth-order valence-corrected chi connectivity index (χ4v) is 2.79. The highest BCUT2D eigenvalue weighted by atomic mass is 35.5. The lowest BCUT2D eigenvalue weighted by Gasteiger charge is -2.15. The zero-order valence-corrected chi connectivity index (χ0v) is 15.6. The average molecular weight is 419 g/mol. The number of rotatable bonds is 5. The van der Waals surface area contributed by atoms with E-state index in [1.165, 1.54) is 13.0 Å². The number of benzene rings is 2. The van der Waals surface area contributed by atoms with Gasteiger partial charge in [0.15, 0.2) is 0 Å². The molecule has 144 valence electrons. The van der Waals surface area contributed by atoms with E-state index in [0.29, 0.717) is 15.6 Å². The third-order valence-corrected chi connectivity index (χ3v) is 4.43. The second-order valence-corrected chi connectivity index (χ2v) is 6.49. The normalized spacial score (nSPS) is 11.2. The monoisotopic (exact) mass is 418 g/mol. The molecule has 0 saturated heterocycles. The second-order valence-electron chi connectivity index (χ2n) is 5.70. The molecule has 9 heteroatoms. The minimum atomic E-state index is -4.70. The molecule has 2 amide bonds. The minimum absolute atomic E-state index is 0.0152. The first-order valence-corrected chi connectivity index (χ1v) is 8.55. The van der Waals surface area contributed by atoms with Crippen molar-refractivity contribution in [2.45, 2.75) is 25.9 Å². The lowest BCUT2D eigenvalue weighted by Crippen LogP contribution is -2.17. The molecule has 0 saturated carbocycles. The fourth-order valence-electron chi connectivity index (χ4n) is 2.37. The molecule has 0 unspecified atom stereocenters. The Morgan fingerprint density at radius 1 is 1.07 bits per heavy atom. The number of carbonyl (C=O) groups is 2. The van der Waals surface area contributed by atoms with Crippen LogP contribution in [0.25, 0.3) is 0 Å². The molecule has 2 rings (SSSR count). The highest BCUT2D eigenvalue weighted by Gasteiger charge is 2.34. The summed E-state index contributed by atoms with van der Waals surface area (Å²) in [5.41, 5.74) is -0.836. The summed E-state index contributed by atoms with van der Waals surface area (Å²) in [6, 6.07) is 8.10. The van der Waals surface area contributed by atoms with E-state index >= 15 is 0 Å². The molecule has 2 aromatic rings. The number of amides is 2. The first-order chi connectivity index (χ1) is 12.6. The van der Waals surface area contributed by atoms with E-state index in [-0.39, 0.29) is 18.5 Å². The SMILES string of the molecule is CC(=O)Nc1ccc(NC(=O)CCc2cccc(Cl)c2Cl)c(C(F)(F)F)c1. The summed E-state index contributed by atoms with van der Waals surface area (Å²) < 4.78 is 39.8. The third-order valence-electron chi connectivity index (χ3n) is 3.57. The predicted molar refractivity (Wildman–Crippen MR) is 99.2 cm³/mol. The van der Waals surface area contributed by atoms with Crippen LogP contribution in [0.4, 0.5) is 24.5 Å². The number of hydrogen-bond acceptors (Lipinski definition) is 2. The zero-order chi connectivity index (χ0) is 20.2. The highest BCUT2D eigenvalue weighted by molar-refractivity contribution is 6.42. The summed E-state index contributed by atoms with van der Waals surface area (Å²) >= 11 is 11.9. The molecule has 0 heterocycles. The smallest absolute Gasteiger partial charge is 0.326 e. The van der Waals surface area contributed by atoms with Gasteiger partial charge in [-0.25, -0.2) is 0 Å². The highest BCUT2D eigenvalue weighted by Crippen LogP contribution is 2.36. The molecule has 0 radical (unpaired) electrons. The van der Waals surface area contributed by atoms with Crippen LogP contribution < -0.4 is 10.6 Å². The quantitative estimate of drug-likeness (QED) is 0.669. The second kappa shape index (κ2) is 8.63. The lowest BCUT2D eigenvalue weighted by molar-refractivity contribution is -0.137. The number of halogens is 5. The van der Waals surface area contributed by atoms with Crippen LogP contribution in [0.1, 0.15) is 24.5 Å². The van der Waals surface area contributed by atoms with E-state index in [2.05, 4.69) is 10.6 Å². The Morgan fingerprint density at radius 3 is 2.41 bits per heavy atom. The molecule has 2 N–H and O–H groups in total. The standard InChI is InChI=1S/C18H15Cl2F3N2O2/c1-10(26)24-12-6-7-15(13(9-12)18(21,22)23)25-16(27)8-5-11-3-2-4-14(19)17(11)20/h2-4,6-7,9H,5,8H2,1H3,(H,24,26)(H,25,27). The maximum atomic E-state index is 13.3. The Kier molecular flexibility index (Phi) is 6.73. The molecule has 0 atom stereocenters. The third kappa shape index (κ3) is 5.87. The van der Waals surface area contributed by atoms with Crippen molar-refractivity contribution in [2.24, 2.45) is 0 Å². The van der Waals surface area contributed by atoms with Crippen LogP contribution in [0.5, 0.6) is 0 Å². The van der Waals surface area contributed by atoms with Gasteiger partial charge in [0.05, 0.1) is 21.3 Å². The van der Waals surface area contributed by atoms with E-state index in [1.807, 2.05) is 0 Å². The molecule has 4 nitrogen and oxygen atoms in total. The van der Waals surface area contributed by atoms with E-state index in [4.69, 9.17) is 23.2 Å². The van der Waals surface area contributed by atoms with Gasteiger partial charge in [-0.3, -0.25) is 9.59 Å². The number of alkyl halides is 3. The van der Waals surface area contributed by atoms with Crippen molar-refractivity contribution in [3.05, 3.63) is 57.6 Å². The molecule has 0 aliphatic heterocycles. The van der Waals surface area contributed by atoms with Gasteiger partial charge < -0.3 is 10.6 Å². The summed E-state index contributed by atoms with van der Waals surface area (Å²) in [7, 11) is 0. The number of anilines is 2. The van der Waals surface area contributed by atoms with Gasteiger partial charge in [-0.15, -0.1) is 0 Å². The summed E-state index contributed by atoms with van der Waals surface area (Å²) in [5, 5.41) is 5.18. The average Bonchev–Trinajstić information content (AvgIpc) is 2.56. The zero-order valence-electron chi connectivity index (χ0n) is 14.1. The minimum Gasteiger partial charge on any atom is -0.326 e. The van der Waals surface area contributed by atoms with Crippen molar-refractivity contribution in [1.29, 1.82) is 0 Å². The Hall–Kier alpha value is -2.25. The molecule has 0 bridgehead atoms. The largest absolute Gasteiger partial charge is 0.418 e. The van der Waals surface area contributed by atoms with E-state index in [9.17, 15) is 22.8 Å². The summed E-state index contributed by atoms with van der Waals surface area (Å²) in [6.07, 6.45) is -4.56. The molecule has 0 aliphatic carbocycles. The molecule has 2 aromatic carbocycles. The van der Waals surface area contributed by atoms with Gasteiger partial charge in [-0.1, -0.05) is 35.3 Å². The van der Waals surface area contributed by atoms with Crippen LogP contribution >= 0.6 is 23.2 Å². The number of carbonyl (C=O) groups excluding carboxylic acids is 2. The van der Waals surface area contributed by atoms with Gasteiger partial charge in [0.2, 0.25) is 11.8 Å². The van der Waals surface area contributed by atoms with Gasteiger partial charge in [-0.2, -0.15) is 13.2 Å².